The second-order valence-electron chi connectivity index (χ2n) is 10.6. The van der Waals surface area contributed by atoms with Gasteiger partial charge in [0.15, 0.2) is 0 Å². The van der Waals surface area contributed by atoms with Crippen LogP contribution in [0, 0.1) is 27.7 Å². The molecule has 0 bridgehead atoms. The van der Waals surface area contributed by atoms with Crippen LogP contribution < -0.4 is 26.2 Å². The van der Waals surface area contributed by atoms with Gasteiger partial charge in [0.25, 0.3) is 6.71 Å². The minimum atomic E-state index is 0.181. The minimum absolute atomic E-state index is 0.181. The largest absolute Gasteiger partial charge is 0.311 e. The van der Waals surface area contributed by atoms with Gasteiger partial charge in [0.2, 0.25) is 0 Å². The Morgan fingerprint density at radius 1 is 0.432 bits per heavy atom. The molecule has 0 radical (unpaired) electrons. The molecule has 2 aliphatic heterocycles. The van der Waals surface area contributed by atoms with Gasteiger partial charge in [0.05, 0.1) is 0 Å². The van der Waals surface area contributed by atoms with Gasteiger partial charge in [-0.2, -0.15) is 0 Å². The molecule has 0 spiro atoms. The molecule has 2 heterocycles. The van der Waals surface area contributed by atoms with Gasteiger partial charge in [-0.3, -0.25) is 0 Å². The van der Waals surface area contributed by atoms with Gasteiger partial charge in [-0.05, 0) is 98.2 Å². The van der Waals surface area contributed by atoms with E-state index in [0.29, 0.717) is 0 Å². The van der Waals surface area contributed by atoms with Crippen molar-refractivity contribution in [1.82, 2.24) is 0 Å². The first-order valence-electron chi connectivity index (χ1n) is 13.1. The van der Waals surface area contributed by atoms with Crippen LogP contribution in [0.5, 0.6) is 0 Å². The monoisotopic (exact) mass is 476 g/mol. The highest BCUT2D eigenvalue weighted by atomic mass is 15.2. The predicted octanol–water partition coefficient (Wildman–Crippen LogP) is 7.00. The summed E-state index contributed by atoms with van der Waals surface area (Å²) in [6, 6.07) is 38.6. The summed E-state index contributed by atoms with van der Waals surface area (Å²) in [5, 5.41) is 0. The van der Waals surface area contributed by atoms with Crippen LogP contribution in [0.15, 0.2) is 103 Å². The molecule has 5 aromatic carbocycles. The molecule has 3 heteroatoms. The highest BCUT2D eigenvalue weighted by Gasteiger charge is 2.42. The van der Waals surface area contributed by atoms with Crippen molar-refractivity contribution >= 4 is 57.2 Å². The van der Waals surface area contributed by atoms with E-state index < -0.39 is 0 Å². The maximum atomic E-state index is 2.46. The third-order valence-electron chi connectivity index (χ3n) is 7.89. The second kappa shape index (κ2) is 8.14. The average molecular weight is 476 g/mol. The van der Waals surface area contributed by atoms with Gasteiger partial charge >= 0.3 is 0 Å². The lowest BCUT2D eigenvalue weighted by atomic mass is 9.33. The molecule has 0 atom stereocenters. The van der Waals surface area contributed by atoms with Crippen molar-refractivity contribution in [3.63, 3.8) is 0 Å². The maximum absolute atomic E-state index is 2.46. The molecule has 0 N–H and O–H groups in total. The lowest BCUT2D eigenvalue weighted by Gasteiger charge is -2.44. The summed E-state index contributed by atoms with van der Waals surface area (Å²) >= 11 is 0. The number of fused-ring (bicyclic) bond motifs is 4. The summed E-state index contributed by atoms with van der Waals surface area (Å²) in [6.45, 7) is 8.88. The van der Waals surface area contributed by atoms with Crippen LogP contribution in [0.3, 0.4) is 0 Å². The van der Waals surface area contributed by atoms with Crippen molar-refractivity contribution < 1.29 is 0 Å². The molecule has 0 unspecified atom stereocenters. The van der Waals surface area contributed by atoms with E-state index in [2.05, 4.69) is 141 Å². The third kappa shape index (κ3) is 3.34. The van der Waals surface area contributed by atoms with Crippen LogP contribution in [0.4, 0.5) is 34.1 Å². The Morgan fingerprint density at radius 2 is 0.946 bits per heavy atom. The summed E-state index contributed by atoms with van der Waals surface area (Å²) in [6.07, 6.45) is 0. The first kappa shape index (κ1) is 22.0. The van der Waals surface area contributed by atoms with Crippen molar-refractivity contribution in [2.24, 2.45) is 0 Å². The minimum Gasteiger partial charge on any atom is -0.311 e. The number of benzene rings is 5. The van der Waals surface area contributed by atoms with E-state index >= 15 is 0 Å². The molecule has 37 heavy (non-hydrogen) atoms. The van der Waals surface area contributed by atoms with Crippen molar-refractivity contribution in [3.8, 4) is 0 Å². The summed E-state index contributed by atoms with van der Waals surface area (Å²) in [5.41, 5.74) is 16.7. The molecule has 0 amide bonds. The molecule has 0 saturated carbocycles. The van der Waals surface area contributed by atoms with Gasteiger partial charge in [0.1, 0.15) is 0 Å². The number of hydrogen-bond acceptors (Lipinski definition) is 2. The maximum Gasteiger partial charge on any atom is 0.252 e. The normalized spacial score (nSPS) is 13.2. The van der Waals surface area contributed by atoms with Crippen LogP contribution in [-0.2, 0) is 0 Å². The molecular formula is C34H29BN2. The number of hydrogen-bond donors (Lipinski definition) is 0. The number of aryl methyl sites for hydroxylation is 4. The molecule has 0 saturated heterocycles. The van der Waals surface area contributed by atoms with E-state index in [4.69, 9.17) is 0 Å². The lowest BCUT2D eigenvalue weighted by Crippen LogP contribution is -2.61. The van der Waals surface area contributed by atoms with Crippen LogP contribution in [-0.4, -0.2) is 6.71 Å². The second-order valence-corrected chi connectivity index (χ2v) is 10.6. The number of nitrogens with zero attached hydrogens (tertiary/aromatic N) is 2. The predicted molar refractivity (Wildman–Crippen MR) is 159 cm³/mol. The van der Waals surface area contributed by atoms with E-state index in [1.54, 1.807) is 0 Å². The van der Waals surface area contributed by atoms with Crippen molar-refractivity contribution in [3.05, 3.63) is 125 Å². The molecule has 5 aromatic rings. The zero-order chi connectivity index (χ0) is 25.3. The SMILES string of the molecule is Cc1ccc(N2c3ccc(C)cc3B3c4ccc(C)cc4N(c4ccc(C)cc4)c4cccc2c43)cc1. The van der Waals surface area contributed by atoms with E-state index in [-0.39, 0.29) is 6.71 Å². The lowest BCUT2D eigenvalue weighted by molar-refractivity contribution is 1.24. The number of anilines is 6. The highest BCUT2D eigenvalue weighted by Crippen LogP contribution is 2.43. The van der Waals surface area contributed by atoms with E-state index in [9.17, 15) is 0 Å². The Kier molecular flexibility index (Phi) is 4.84. The Morgan fingerprint density at radius 3 is 1.57 bits per heavy atom. The van der Waals surface area contributed by atoms with Crippen LogP contribution in [0.2, 0.25) is 0 Å². The van der Waals surface area contributed by atoms with Gasteiger partial charge in [-0.1, -0.05) is 71.3 Å². The molecular weight excluding hydrogens is 447 g/mol. The summed E-state index contributed by atoms with van der Waals surface area (Å²) in [7, 11) is 0. The van der Waals surface area contributed by atoms with Crippen LogP contribution in [0.25, 0.3) is 0 Å². The first-order valence-corrected chi connectivity index (χ1v) is 13.1. The topological polar surface area (TPSA) is 6.48 Å². The fraction of sp³-hybridized carbons (Fsp3) is 0.118. The fourth-order valence-corrected chi connectivity index (χ4v) is 6.11. The molecule has 2 nitrogen and oxygen atoms in total. The quantitative estimate of drug-likeness (QED) is 0.248. The zero-order valence-corrected chi connectivity index (χ0v) is 21.8. The molecule has 2 aliphatic rings. The van der Waals surface area contributed by atoms with Crippen LogP contribution in [0.1, 0.15) is 22.3 Å². The molecule has 178 valence electrons. The van der Waals surface area contributed by atoms with Gasteiger partial charge in [-0.15, -0.1) is 0 Å². The Hall–Kier alpha value is -4.24. The Bertz CT molecular complexity index is 1670. The molecule has 0 fully saturated rings. The fourth-order valence-electron chi connectivity index (χ4n) is 6.11. The van der Waals surface area contributed by atoms with Crippen molar-refractivity contribution in [1.29, 1.82) is 0 Å². The Balaban J connectivity index is 1.57. The molecule has 7 rings (SSSR count). The standard InChI is InChI=1S/C34H29BN2/c1-22-8-14-26(15-9-22)36-30-19-13-24(3)20-29(30)35-28-18-12-25(4)21-33(28)37(27-16-10-23(2)11-17-27)32-7-5-6-31(36)34(32)35/h5-21H,1-4H3. The summed E-state index contributed by atoms with van der Waals surface area (Å²) in [4.78, 5) is 4.92. The van der Waals surface area contributed by atoms with Crippen molar-refractivity contribution in [2.45, 2.75) is 27.7 Å². The number of rotatable bonds is 2. The Labute approximate surface area is 219 Å². The van der Waals surface area contributed by atoms with Gasteiger partial charge < -0.3 is 9.80 Å². The zero-order valence-electron chi connectivity index (χ0n) is 21.8. The van der Waals surface area contributed by atoms with E-state index in [0.717, 1.165) is 0 Å². The third-order valence-corrected chi connectivity index (χ3v) is 7.89. The van der Waals surface area contributed by atoms with Gasteiger partial charge in [0, 0.05) is 34.1 Å². The first-order chi connectivity index (χ1) is 18.0. The van der Waals surface area contributed by atoms with E-state index in [1.807, 2.05) is 0 Å². The molecule has 0 aromatic heterocycles. The van der Waals surface area contributed by atoms with Crippen molar-refractivity contribution in [2.75, 3.05) is 9.80 Å². The smallest absolute Gasteiger partial charge is 0.252 e. The van der Waals surface area contributed by atoms with Gasteiger partial charge in [-0.25, -0.2) is 0 Å². The summed E-state index contributed by atoms with van der Waals surface area (Å²) < 4.78 is 0. The summed E-state index contributed by atoms with van der Waals surface area (Å²) in [5.74, 6) is 0. The molecule has 0 aliphatic carbocycles. The van der Waals surface area contributed by atoms with Crippen LogP contribution >= 0.6 is 0 Å². The van der Waals surface area contributed by atoms with E-state index in [1.165, 1.54) is 72.8 Å². The average Bonchev–Trinajstić information content (AvgIpc) is 2.90. The highest BCUT2D eigenvalue weighted by molar-refractivity contribution is 7.00.